The first-order valence-electron chi connectivity index (χ1n) is 11.5. The van der Waals surface area contributed by atoms with Crippen molar-refractivity contribution in [2.24, 2.45) is 28.6 Å². The van der Waals surface area contributed by atoms with Crippen LogP contribution in [0.25, 0.3) is 0 Å². The van der Waals surface area contributed by atoms with Crippen molar-refractivity contribution in [1.82, 2.24) is 10.0 Å². The summed E-state index contributed by atoms with van der Waals surface area (Å²) >= 11 is 0. The minimum Gasteiger partial charge on any atom is -0.378 e. The maximum atomic E-state index is 12.6. The van der Waals surface area contributed by atoms with E-state index >= 15 is 0 Å². The van der Waals surface area contributed by atoms with Gasteiger partial charge in [0.1, 0.15) is 0 Å². The minimum absolute atomic E-state index is 0.0202. The monoisotopic (exact) mass is 448 g/mol. The predicted octanol–water partition coefficient (Wildman–Crippen LogP) is 3.34. The fourth-order valence-electron chi connectivity index (χ4n) is 6.52. The average molecular weight is 449 g/mol. The number of rotatable bonds is 7. The van der Waals surface area contributed by atoms with Crippen molar-refractivity contribution < 1.29 is 17.9 Å². The fourth-order valence-corrected chi connectivity index (χ4v) is 7.59. The molecule has 0 aromatic heterocycles. The molecule has 3 fully saturated rings. The Kier molecular flexibility index (Phi) is 5.99. The number of amides is 1. The van der Waals surface area contributed by atoms with Gasteiger partial charge in [0, 0.05) is 25.1 Å². The molecule has 0 radical (unpaired) electrons. The van der Waals surface area contributed by atoms with Crippen molar-refractivity contribution in [2.45, 2.75) is 70.4 Å². The molecule has 5 atom stereocenters. The molecular formula is C24H36N2O4S. The largest absolute Gasteiger partial charge is 0.378 e. The van der Waals surface area contributed by atoms with Crippen LogP contribution in [0, 0.1) is 28.6 Å². The Labute approximate surface area is 186 Å². The van der Waals surface area contributed by atoms with E-state index in [0.29, 0.717) is 31.4 Å². The lowest BCUT2D eigenvalue weighted by Gasteiger charge is -2.53. The van der Waals surface area contributed by atoms with Gasteiger partial charge in [0.25, 0.3) is 0 Å². The van der Waals surface area contributed by atoms with Crippen LogP contribution in [0.15, 0.2) is 35.2 Å². The maximum absolute atomic E-state index is 12.6. The smallest absolute Gasteiger partial charge is 0.240 e. The van der Waals surface area contributed by atoms with Crippen LogP contribution in [0.1, 0.15) is 53.4 Å². The van der Waals surface area contributed by atoms with Gasteiger partial charge in [-0.25, -0.2) is 13.1 Å². The minimum atomic E-state index is -3.51. The highest BCUT2D eigenvalue weighted by atomic mass is 32.2. The lowest BCUT2D eigenvalue weighted by molar-refractivity contribution is -0.138. The Balaban J connectivity index is 1.46. The first-order valence-corrected chi connectivity index (χ1v) is 13.0. The zero-order chi connectivity index (χ0) is 22.4. The number of sulfonamides is 1. The molecule has 1 aromatic rings. The molecule has 3 aliphatic rings. The van der Waals surface area contributed by atoms with Gasteiger partial charge in [0.05, 0.1) is 11.0 Å². The van der Waals surface area contributed by atoms with Crippen molar-refractivity contribution in [3.05, 3.63) is 30.3 Å². The number of benzene rings is 1. The van der Waals surface area contributed by atoms with E-state index in [-0.39, 0.29) is 39.7 Å². The van der Waals surface area contributed by atoms with E-state index in [1.165, 1.54) is 0 Å². The molecule has 7 heteroatoms. The molecule has 2 N–H and O–H groups in total. The van der Waals surface area contributed by atoms with Crippen molar-refractivity contribution >= 4 is 15.9 Å². The summed E-state index contributed by atoms with van der Waals surface area (Å²) in [6.07, 6.45) is 3.86. The van der Waals surface area contributed by atoms with Gasteiger partial charge < -0.3 is 10.1 Å². The molecule has 1 unspecified atom stereocenters. The number of fused-ring (bicyclic) bond motifs is 1. The molecule has 1 saturated heterocycles. The average Bonchev–Trinajstić information content (AvgIpc) is 3.21. The normalized spacial score (nSPS) is 34.0. The van der Waals surface area contributed by atoms with Gasteiger partial charge in [0.2, 0.25) is 15.9 Å². The molecule has 2 bridgehead atoms. The van der Waals surface area contributed by atoms with E-state index in [0.717, 1.165) is 19.3 Å². The predicted molar refractivity (Wildman–Crippen MR) is 120 cm³/mol. The topological polar surface area (TPSA) is 84.5 Å². The molecule has 172 valence electrons. The molecule has 1 aromatic carbocycles. The van der Waals surface area contributed by atoms with Gasteiger partial charge in [-0.1, -0.05) is 45.9 Å². The van der Waals surface area contributed by atoms with Gasteiger partial charge >= 0.3 is 0 Å². The summed E-state index contributed by atoms with van der Waals surface area (Å²) in [5, 5.41) is 3.41. The highest BCUT2D eigenvalue weighted by Gasteiger charge is 2.68. The van der Waals surface area contributed by atoms with Gasteiger partial charge in [-0.2, -0.15) is 0 Å². The standard InChI is InChI=1S/C24H36N2O4S/c1-16(2)21(27)26-22-23(3,4)17-14-19-20(30-13-11-24(19,22)15-17)10-12-25-31(28,29)18-8-6-5-7-9-18/h5-9,16-17,19-20,22,25H,10-15H2,1-4H3,(H,26,27)/t17-,19-,20-,22+,24?/m1/s1. The number of ether oxygens (including phenoxy) is 1. The lowest BCUT2D eigenvalue weighted by Crippen LogP contribution is -2.60. The first-order chi connectivity index (χ1) is 14.6. The molecule has 4 rings (SSSR count). The van der Waals surface area contributed by atoms with Gasteiger partial charge in [-0.15, -0.1) is 0 Å². The Hall–Kier alpha value is -1.44. The highest BCUT2D eigenvalue weighted by Crippen LogP contribution is 2.68. The van der Waals surface area contributed by atoms with Gasteiger partial charge in [-0.3, -0.25) is 4.79 Å². The van der Waals surface area contributed by atoms with Crippen LogP contribution in [-0.2, 0) is 19.6 Å². The summed E-state index contributed by atoms with van der Waals surface area (Å²) in [5.74, 6) is 1.00. The van der Waals surface area contributed by atoms with E-state index in [9.17, 15) is 13.2 Å². The Morgan fingerprint density at radius 1 is 1.23 bits per heavy atom. The van der Waals surface area contributed by atoms with E-state index in [4.69, 9.17) is 4.74 Å². The zero-order valence-corrected chi connectivity index (χ0v) is 19.9. The third-order valence-electron chi connectivity index (χ3n) is 8.21. The third kappa shape index (κ3) is 3.93. The number of carbonyl (C=O) groups is 1. The highest BCUT2D eigenvalue weighted by molar-refractivity contribution is 7.89. The second-order valence-corrected chi connectivity index (χ2v) is 12.3. The fraction of sp³-hybridized carbons (Fsp3) is 0.708. The van der Waals surface area contributed by atoms with Gasteiger partial charge in [-0.05, 0) is 60.5 Å². The van der Waals surface area contributed by atoms with E-state index in [1.54, 1.807) is 30.3 Å². The Bertz CT molecular complexity index is 915. The summed E-state index contributed by atoms with van der Waals surface area (Å²) in [6, 6.07) is 8.62. The molecule has 1 spiro atoms. The van der Waals surface area contributed by atoms with Crippen LogP contribution >= 0.6 is 0 Å². The summed E-state index contributed by atoms with van der Waals surface area (Å²) in [4.78, 5) is 12.9. The third-order valence-corrected chi connectivity index (χ3v) is 9.69. The number of hydrogen-bond acceptors (Lipinski definition) is 4. The van der Waals surface area contributed by atoms with Crippen molar-refractivity contribution in [3.63, 3.8) is 0 Å². The Morgan fingerprint density at radius 3 is 2.61 bits per heavy atom. The molecule has 2 saturated carbocycles. The summed E-state index contributed by atoms with van der Waals surface area (Å²) in [6.45, 7) is 9.50. The van der Waals surface area contributed by atoms with Crippen LogP contribution in [0.2, 0.25) is 0 Å². The molecule has 2 aliphatic carbocycles. The van der Waals surface area contributed by atoms with Crippen LogP contribution in [0.5, 0.6) is 0 Å². The lowest BCUT2D eigenvalue weighted by atomic mass is 9.59. The number of nitrogens with one attached hydrogen (secondary N) is 2. The Morgan fingerprint density at radius 2 is 1.94 bits per heavy atom. The molecule has 1 amide bonds. The molecule has 1 aliphatic heterocycles. The number of hydrogen-bond donors (Lipinski definition) is 2. The van der Waals surface area contributed by atoms with E-state index in [2.05, 4.69) is 23.9 Å². The van der Waals surface area contributed by atoms with E-state index in [1.807, 2.05) is 13.8 Å². The quantitative estimate of drug-likeness (QED) is 0.670. The summed E-state index contributed by atoms with van der Waals surface area (Å²) in [5.41, 5.74) is 0.123. The van der Waals surface area contributed by atoms with Gasteiger partial charge in [0.15, 0.2) is 0 Å². The summed E-state index contributed by atoms with van der Waals surface area (Å²) in [7, 11) is -3.51. The molecule has 1 heterocycles. The maximum Gasteiger partial charge on any atom is 0.240 e. The second kappa shape index (κ2) is 8.16. The molecule has 6 nitrogen and oxygen atoms in total. The SMILES string of the molecule is CC(C)C(=O)N[C@H]1C(C)(C)[C@@H]2C[C@@H]3[C@@H](CCNS(=O)(=O)c4ccccc4)OCCC31C2. The molecular weight excluding hydrogens is 412 g/mol. The number of carbonyl (C=O) groups excluding carboxylic acids is 1. The van der Waals surface area contributed by atoms with Crippen molar-refractivity contribution in [1.29, 1.82) is 0 Å². The zero-order valence-electron chi connectivity index (χ0n) is 19.1. The molecule has 31 heavy (non-hydrogen) atoms. The summed E-state index contributed by atoms with van der Waals surface area (Å²) < 4.78 is 34.0. The first kappa shape index (κ1) is 22.7. The van der Waals surface area contributed by atoms with Crippen molar-refractivity contribution in [2.75, 3.05) is 13.2 Å². The van der Waals surface area contributed by atoms with Crippen molar-refractivity contribution in [3.8, 4) is 0 Å². The van der Waals surface area contributed by atoms with Crippen LogP contribution in [0.3, 0.4) is 0 Å². The van der Waals surface area contributed by atoms with Crippen LogP contribution in [-0.4, -0.2) is 39.6 Å². The van der Waals surface area contributed by atoms with E-state index < -0.39 is 10.0 Å². The van der Waals surface area contributed by atoms with Crippen LogP contribution in [0.4, 0.5) is 0 Å². The second-order valence-electron chi connectivity index (χ2n) is 10.6. The van der Waals surface area contributed by atoms with Crippen LogP contribution < -0.4 is 10.0 Å².